The summed E-state index contributed by atoms with van der Waals surface area (Å²) >= 11 is 0. The summed E-state index contributed by atoms with van der Waals surface area (Å²) in [6, 6.07) is 6.88. The van der Waals surface area contributed by atoms with E-state index in [0.717, 1.165) is 12.1 Å². The smallest absolute Gasteiger partial charge is 0.296 e. The standard InChI is InChI=1S/C21H16N2O8S2/c22-19-16(33(29,30)31)10-15(23-11-4-3-5-12(9-8-11)32(26,27)28)17-18(19)21(25)14-7-2-1-6-13(14)20(17)24/h1-4,6-10,23H,5,22H2,(H,26,27,28)(H,29,30,31). The monoisotopic (exact) mass is 488 g/mol. The maximum atomic E-state index is 13.3. The van der Waals surface area contributed by atoms with Crippen LogP contribution in [0, 0.1) is 0 Å². The molecule has 5 N–H and O–H groups in total. The summed E-state index contributed by atoms with van der Waals surface area (Å²) in [5.74, 6) is -1.28. The Morgan fingerprint density at radius 2 is 1.48 bits per heavy atom. The Morgan fingerprint density at radius 1 is 0.879 bits per heavy atom. The van der Waals surface area contributed by atoms with Crippen LogP contribution in [-0.4, -0.2) is 37.5 Å². The topological polar surface area (TPSA) is 181 Å². The van der Waals surface area contributed by atoms with E-state index in [-0.39, 0.29) is 45.0 Å². The van der Waals surface area contributed by atoms with Gasteiger partial charge in [-0.2, -0.15) is 16.8 Å². The molecule has 0 unspecified atom stereocenters. The van der Waals surface area contributed by atoms with E-state index in [9.17, 15) is 35.5 Å². The van der Waals surface area contributed by atoms with Gasteiger partial charge in [0.2, 0.25) is 0 Å². The third-order valence-electron chi connectivity index (χ3n) is 5.15. The molecule has 0 saturated carbocycles. The SMILES string of the molecule is Nc1c(S(=O)(=O)O)cc(NC2=CC=C(S(=O)(=O)O)CC=C2)c2c1C(=O)c1ccccc1C2=O. The summed E-state index contributed by atoms with van der Waals surface area (Å²) in [5.41, 5.74) is 4.99. The van der Waals surface area contributed by atoms with Crippen molar-refractivity contribution >= 4 is 43.2 Å². The van der Waals surface area contributed by atoms with Gasteiger partial charge in [-0.1, -0.05) is 30.3 Å². The maximum Gasteiger partial charge on any atom is 0.296 e. The van der Waals surface area contributed by atoms with Crippen molar-refractivity contribution in [1.29, 1.82) is 0 Å². The number of hydrogen-bond acceptors (Lipinski definition) is 8. The summed E-state index contributed by atoms with van der Waals surface area (Å²) in [7, 11) is -9.31. The van der Waals surface area contributed by atoms with Crippen molar-refractivity contribution in [2.24, 2.45) is 0 Å². The van der Waals surface area contributed by atoms with Gasteiger partial charge in [0.05, 0.1) is 27.4 Å². The normalized spacial score (nSPS) is 15.8. The second kappa shape index (κ2) is 7.78. The van der Waals surface area contributed by atoms with E-state index >= 15 is 0 Å². The number of nitrogens with one attached hydrogen (secondary N) is 1. The molecule has 0 atom stereocenters. The fourth-order valence-electron chi connectivity index (χ4n) is 3.64. The molecule has 0 aliphatic heterocycles. The first-order valence-corrected chi connectivity index (χ1v) is 12.2. The number of allylic oxidation sites excluding steroid dienone is 5. The molecule has 170 valence electrons. The minimum absolute atomic E-state index is 0.0365. The average Bonchev–Trinajstić information content (AvgIpc) is 2.98. The number of ketones is 2. The number of carbonyl (C=O) groups excluding carboxylic acids is 2. The molecule has 0 saturated heterocycles. The average molecular weight is 488 g/mol. The van der Waals surface area contributed by atoms with Crippen LogP contribution in [0.1, 0.15) is 38.3 Å². The van der Waals surface area contributed by atoms with Gasteiger partial charge in [-0.3, -0.25) is 18.7 Å². The van der Waals surface area contributed by atoms with Gasteiger partial charge in [-0.15, -0.1) is 0 Å². The molecule has 10 nitrogen and oxygen atoms in total. The van der Waals surface area contributed by atoms with Gasteiger partial charge < -0.3 is 11.1 Å². The Kier molecular flexibility index (Phi) is 5.33. The van der Waals surface area contributed by atoms with Gasteiger partial charge in [-0.05, 0) is 24.3 Å². The highest BCUT2D eigenvalue weighted by molar-refractivity contribution is 7.89. The Labute approximate surface area is 188 Å². The quantitative estimate of drug-likeness (QED) is 0.314. The van der Waals surface area contributed by atoms with Crippen molar-refractivity contribution in [3.05, 3.63) is 87.5 Å². The molecule has 2 aliphatic rings. The van der Waals surface area contributed by atoms with Crippen LogP contribution in [0.4, 0.5) is 11.4 Å². The second-order valence-electron chi connectivity index (χ2n) is 7.23. The molecule has 2 aliphatic carbocycles. The second-order valence-corrected chi connectivity index (χ2v) is 10.1. The number of anilines is 2. The Balaban J connectivity index is 1.95. The number of fused-ring (bicyclic) bond motifs is 2. The molecule has 12 heteroatoms. The molecule has 0 fully saturated rings. The van der Waals surface area contributed by atoms with Crippen molar-refractivity contribution in [3.8, 4) is 0 Å². The Morgan fingerprint density at radius 3 is 2.06 bits per heavy atom. The number of benzene rings is 2. The summed E-state index contributed by atoms with van der Waals surface area (Å²) < 4.78 is 65.6. The van der Waals surface area contributed by atoms with Crippen LogP contribution in [0.15, 0.2) is 70.1 Å². The van der Waals surface area contributed by atoms with Crippen molar-refractivity contribution in [1.82, 2.24) is 0 Å². The largest absolute Gasteiger partial charge is 0.397 e. The third-order valence-corrected chi connectivity index (χ3v) is 7.01. The van der Waals surface area contributed by atoms with Gasteiger partial charge in [0, 0.05) is 23.2 Å². The van der Waals surface area contributed by atoms with Gasteiger partial charge in [-0.25, -0.2) is 0 Å². The van der Waals surface area contributed by atoms with Crippen LogP contribution in [0.25, 0.3) is 0 Å². The predicted octanol–water partition coefficient (Wildman–Crippen LogP) is 2.32. The molecule has 0 bridgehead atoms. The fourth-order valence-corrected chi connectivity index (χ4v) is 4.84. The Bertz CT molecular complexity index is 1550. The highest BCUT2D eigenvalue weighted by Crippen LogP contribution is 2.39. The summed E-state index contributed by atoms with van der Waals surface area (Å²) in [5, 5.41) is 2.79. The summed E-state index contributed by atoms with van der Waals surface area (Å²) in [4.78, 5) is 25.3. The molecular weight excluding hydrogens is 472 g/mol. The van der Waals surface area contributed by atoms with E-state index in [1.54, 1.807) is 6.07 Å². The van der Waals surface area contributed by atoms with Crippen LogP contribution < -0.4 is 11.1 Å². The molecule has 0 radical (unpaired) electrons. The highest BCUT2D eigenvalue weighted by atomic mass is 32.2. The van der Waals surface area contributed by atoms with Gasteiger partial charge in [0.15, 0.2) is 11.6 Å². The summed E-state index contributed by atoms with van der Waals surface area (Å²) in [6.45, 7) is 0. The third kappa shape index (κ3) is 4.00. The molecule has 0 amide bonds. The zero-order chi connectivity index (χ0) is 24.1. The minimum Gasteiger partial charge on any atom is -0.397 e. The molecule has 2 aromatic rings. The number of nitrogens with two attached hydrogens (primary N) is 1. The number of rotatable bonds is 4. The van der Waals surface area contributed by atoms with Crippen LogP contribution in [0.3, 0.4) is 0 Å². The lowest BCUT2D eigenvalue weighted by Gasteiger charge is -2.23. The molecule has 0 aromatic heterocycles. The highest BCUT2D eigenvalue weighted by Gasteiger charge is 2.36. The maximum absolute atomic E-state index is 13.3. The molecule has 33 heavy (non-hydrogen) atoms. The van der Waals surface area contributed by atoms with Gasteiger partial charge >= 0.3 is 0 Å². The van der Waals surface area contributed by atoms with E-state index in [1.807, 2.05) is 0 Å². The number of carbonyl (C=O) groups is 2. The van der Waals surface area contributed by atoms with Crippen molar-refractivity contribution in [2.45, 2.75) is 11.3 Å². The van der Waals surface area contributed by atoms with Crippen LogP contribution in [0.5, 0.6) is 0 Å². The molecular formula is C21H16N2O8S2. The van der Waals surface area contributed by atoms with Crippen LogP contribution in [-0.2, 0) is 20.2 Å². The van der Waals surface area contributed by atoms with E-state index in [4.69, 9.17) is 5.73 Å². The van der Waals surface area contributed by atoms with Gasteiger partial charge in [0.25, 0.3) is 20.2 Å². The van der Waals surface area contributed by atoms with Crippen molar-refractivity contribution in [2.75, 3.05) is 11.1 Å². The lowest BCUT2D eigenvalue weighted by Crippen LogP contribution is -2.25. The first kappa shape index (κ1) is 22.6. The molecule has 4 rings (SSSR count). The predicted molar refractivity (Wildman–Crippen MR) is 119 cm³/mol. The van der Waals surface area contributed by atoms with Crippen LogP contribution >= 0.6 is 0 Å². The first-order chi connectivity index (χ1) is 15.4. The van der Waals surface area contributed by atoms with E-state index in [1.165, 1.54) is 36.4 Å². The van der Waals surface area contributed by atoms with Crippen LogP contribution in [0.2, 0.25) is 0 Å². The van der Waals surface area contributed by atoms with E-state index < -0.39 is 42.4 Å². The Hall–Kier alpha value is -3.58. The van der Waals surface area contributed by atoms with Gasteiger partial charge in [0.1, 0.15) is 4.90 Å². The van der Waals surface area contributed by atoms with Crippen molar-refractivity contribution < 1.29 is 35.5 Å². The lowest BCUT2D eigenvalue weighted by molar-refractivity contribution is 0.0980. The molecule has 0 heterocycles. The molecule has 2 aromatic carbocycles. The fraction of sp³-hybridized carbons (Fsp3) is 0.0476. The molecule has 0 spiro atoms. The summed E-state index contributed by atoms with van der Waals surface area (Å²) in [6.07, 6.45) is 5.16. The van der Waals surface area contributed by atoms with E-state index in [2.05, 4.69) is 5.32 Å². The first-order valence-electron chi connectivity index (χ1n) is 9.34. The minimum atomic E-state index is -4.87. The number of nitrogen functional groups attached to an aromatic ring is 1. The van der Waals surface area contributed by atoms with E-state index in [0.29, 0.717) is 0 Å². The zero-order valence-corrected chi connectivity index (χ0v) is 18.3. The van der Waals surface area contributed by atoms with Crippen molar-refractivity contribution in [3.63, 3.8) is 0 Å². The lowest BCUT2D eigenvalue weighted by atomic mass is 9.82. The number of hydrogen-bond donors (Lipinski definition) is 4. The zero-order valence-electron chi connectivity index (χ0n) is 16.6.